The minimum atomic E-state index is -0.322. The first-order chi connectivity index (χ1) is 8.04. The van der Waals surface area contributed by atoms with Crippen molar-refractivity contribution in [2.24, 2.45) is 0 Å². The maximum absolute atomic E-state index is 10.2. The second kappa shape index (κ2) is 5.12. The van der Waals surface area contributed by atoms with Gasteiger partial charge in [0.1, 0.15) is 5.60 Å². The summed E-state index contributed by atoms with van der Waals surface area (Å²) >= 11 is 3.41. The van der Waals surface area contributed by atoms with Crippen molar-refractivity contribution in [1.82, 2.24) is 0 Å². The zero-order valence-corrected chi connectivity index (χ0v) is 13.7. The summed E-state index contributed by atoms with van der Waals surface area (Å²) in [5.74, 6) is 0.791. The molecule has 0 bridgehead atoms. The molecule has 0 aliphatic heterocycles. The summed E-state index contributed by atoms with van der Waals surface area (Å²) < 4.78 is 5.84. The molecule has 1 aromatic carbocycles. The van der Waals surface area contributed by atoms with Crippen LogP contribution in [0.15, 0.2) is 12.1 Å². The van der Waals surface area contributed by atoms with Crippen LogP contribution in [0.3, 0.4) is 0 Å². The van der Waals surface area contributed by atoms with Crippen LogP contribution in [0.1, 0.15) is 52.7 Å². The highest BCUT2D eigenvalue weighted by Gasteiger charge is 2.21. The van der Waals surface area contributed by atoms with Crippen LogP contribution in [0, 0.1) is 0 Å². The van der Waals surface area contributed by atoms with E-state index in [1.807, 2.05) is 32.9 Å². The van der Waals surface area contributed by atoms with Gasteiger partial charge in [0.25, 0.3) is 0 Å². The van der Waals surface area contributed by atoms with Crippen molar-refractivity contribution in [3.63, 3.8) is 0 Å². The highest BCUT2D eigenvalue weighted by molar-refractivity contribution is 9.08. The zero-order chi connectivity index (χ0) is 14.1. The van der Waals surface area contributed by atoms with Crippen LogP contribution in [-0.2, 0) is 10.7 Å². The first-order valence-corrected chi connectivity index (χ1v) is 7.28. The molecule has 0 heterocycles. The number of phenols is 1. The highest BCUT2D eigenvalue weighted by Crippen LogP contribution is 2.38. The van der Waals surface area contributed by atoms with Crippen LogP contribution in [-0.4, -0.2) is 10.7 Å². The highest BCUT2D eigenvalue weighted by atomic mass is 79.9. The van der Waals surface area contributed by atoms with Crippen molar-refractivity contribution < 1.29 is 9.84 Å². The number of aromatic hydroxyl groups is 1. The number of rotatable bonds is 2. The molecule has 0 amide bonds. The van der Waals surface area contributed by atoms with E-state index in [4.69, 9.17) is 4.74 Å². The van der Waals surface area contributed by atoms with Crippen molar-refractivity contribution >= 4 is 15.9 Å². The zero-order valence-electron chi connectivity index (χ0n) is 12.1. The minimum Gasteiger partial charge on any atom is -0.504 e. The summed E-state index contributed by atoms with van der Waals surface area (Å²) in [6, 6.07) is 3.96. The first kappa shape index (κ1) is 15.4. The molecule has 2 nitrogen and oxygen atoms in total. The Hall–Kier alpha value is -0.700. The molecule has 0 radical (unpaired) electrons. The molecule has 0 aliphatic rings. The van der Waals surface area contributed by atoms with Crippen molar-refractivity contribution in [1.29, 1.82) is 0 Å². The Kier molecular flexibility index (Phi) is 4.37. The van der Waals surface area contributed by atoms with Crippen LogP contribution in [0.4, 0.5) is 0 Å². The number of hydrogen-bond donors (Lipinski definition) is 1. The first-order valence-electron chi connectivity index (χ1n) is 6.16. The molecule has 0 atom stereocenters. The molecule has 0 saturated heterocycles. The summed E-state index contributed by atoms with van der Waals surface area (Å²) in [4.78, 5) is 0. The quantitative estimate of drug-likeness (QED) is 0.797. The monoisotopic (exact) mass is 314 g/mol. The van der Waals surface area contributed by atoms with Crippen LogP contribution in [0.2, 0.25) is 0 Å². The summed E-state index contributed by atoms with van der Waals surface area (Å²) in [6.07, 6.45) is 0. The van der Waals surface area contributed by atoms with E-state index in [1.165, 1.54) is 0 Å². The van der Waals surface area contributed by atoms with E-state index in [-0.39, 0.29) is 16.8 Å². The number of phenolic OH excluding ortho intramolecular Hbond substituents is 1. The largest absolute Gasteiger partial charge is 0.504 e. The third kappa shape index (κ3) is 3.91. The van der Waals surface area contributed by atoms with Crippen LogP contribution in [0.25, 0.3) is 0 Å². The van der Waals surface area contributed by atoms with Crippen molar-refractivity contribution in [2.75, 3.05) is 0 Å². The maximum Gasteiger partial charge on any atom is 0.162 e. The molecule has 0 fully saturated rings. The maximum atomic E-state index is 10.2. The van der Waals surface area contributed by atoms with Gasteiger partial charge < -0.3 is 9.84 Å². The van der Waals surface area contributed by atoms with Crippen molar-refractivity contribution in [3.05, 3.63) is 23.3 Å². The van der Waals surface area contributed by atoms with Gasteiger partial charge >= 0.3 is 0 Å². The Morgan fingerprint density at radius 1 is 1.11 bits per heavy atom. The predicted octanol–water partition coefficient (Wildman–Crippen LogP) is 4.76. The molecule has 0 aromatic heterocycles. The SMILES string of the molecule is CC(C)(C)Oc1cc(C(C)(C)C)cc(CBr)c1O. The third-order valence-corrected chi connectivity index (χ3v) is 3.18. The lowest BCUT2D eigenvalue weighted by Crippen LogP contribution is -2.23. The standard InChI is InChI=1S/C15H23BrO2/c1-14(2,3)11-7-10(9-16)13(17)12(8-11)18-15(4,5)6/h7-8,17H,9H2,1-6H3. The van der Waals surface area contributed by atoms with Gasteiger partial charge in [-0.25, -0.2) is 0 Å². The van der Waals surface area contributed by atoms with E-state index in [0.29, 0.717) is 11.1 Å². The second-order valence-corrected chi connectivity index (χ2v) is 7.14. The fourth-order valence-electron chi connectivity index (χ4n) is 1.61. The van der Waals surface area contributed by atoms with E-state index >= 15 is 0 Å². The Morgan fingerprint density at radius 2 is 1.67 bits per heavy atom. The van der Waals surface area contributed by atoms with Gasteiger partial charge in [-0.05, 0) is 37.8 Å². The van der Waals surface area contributed by atoms with E-state index in [2.05, 4.69) is 36.7 Å². The lowest BCUT2D eigenvalue weighted by Gasteiger charge is -2.26. The topological polar surface area (TPSA) is 29.5 Å². The molecule has 0 aliphatic carbocycles. The van der Waals surface area contributed by atoms with Crippen molar-refractivity contribution in [2.45, 2.75) is 57.9 Å². The molecular weight excluding hydrogens is 292 g/mol. The van der Waals surface area contributed by atoms with Crippen LogP contribution < -0.4 is 4.74 Å². The number of halogens is 1. The van der Waals surface area contributed by atoms with Crippen LogP contribution >= 0.6 is 15.9 Å². The van der Waals surface area contributed by atoms with E-state index < -0.39 is 0 Å². The molecule has 3 heteroatoms. The van der Waals surface area contributed by atoms with Gasteiger partial charge in [-0.3, -0.25) is 0 Å². The van der Waals surface area contributed by atoms with Gasteiger partial charge in [0.05, 0.1) is 0 Å². The summed E-state index contributed by atoms with van der Waals surface area (Å²) in [6.45, 7) is 12.4. The Bertz CT molecular complexity index is 425. The average molecular weight is 315 g/mol. The molecule has 0 unspecified atom stereocenters. The summed E-state index contributed by atoms with van der Waals surface area (Å²) in [5.41, 5.74) is 1.73. The van der Waals surface area contributed by atoms with Crippen molar-refractivity contribution in [3.8, 4) is 11.5 Å². The average Bonchev–Trinajstić information content (AvgIpc) is 2.17. The van der Waals surface area contributed by atoms with Gasteiger partial charge in [0, 0.05) is 10.9 Å². The lowest BCUT2D eigenvalue weighted by molar-refractivity contribution is 0.125. The predicted molar refractivity (Wildman–Crippen MR) is 79.8 cm³/mol. The molecule has 102 valence electrons. The molecule has 1 aromatic rings. The Balaban J connectivity index is 3.32. The smallest absolute Gasteiger partial charge is 0.162 e. The number of benzene rings is 1. The molecule has 1 N–H and O–H groups in total. The van der Waals surface area contributed by atoms with E-state index in [0.717, 1.165) is 11.1 Å². The lowest BCUT2D eigenvalue weighted by atomic mass is 9.86. The summed E-state index contributed by atoms with van der Waals surface area (Å²) in [7, 11) is 0. The second-order valence-electron chi connectivity index (χ2n) is 6.58. The Labute approximate surface area is 118 Å². The number of alkyl halides is 1. The number of hydrogen-bond acceptors (Lipinski definition) is 2. The number of ether oxygens (including phenoxy) is 1. The van der Waals surface area contributed by atoms with Gasteiger partial charge in [-0.1, -0.05) is 42.8 Å². The van der Waals surface area contributed by atoms with Gasteiger partial charge in [0.2, 0.25) is 0 Å². The molecular formula is C15H23BrO2. The molecule has 0 spiro atoms. The van der Waals surface area contributed by atoms with Gasteiger partial charge in [0.15, 0.2) is 11.5 Å². The Morgan fingerprint density at radius 3 is 2.06 bits per heavy atom. The molecule has 18 heavy (non-hydrogen) atoms. The fraction of sp³-hybridized carbons (Fsp3) is 0.600. The van der Waals surface area contributed by atoms with Gasteiger partial charge in [-0.2, -0.15) is 0 Å². The normalized spacial score (nSPS) is 12.6. The van der Waals surface area contributed by atoms with Crippen LogP contribution in [0.5, 0.6) is 11.5 Å². The molecule has 0 saturated carbocycles. The van der Waals surface area contributed by atoms with E-state index in [1.54, 1.807) is 0 Å². The fourth-order valence-corrected chi connectivity index (χ4v) is 2.04. The van der Waals surface area contributed by atoms with Gasteiger partial charge in [-0.15, -0.1) is 0 Å². The van der Waals surface area contributed by atoms with E-state index in [9.17, 15) is 5.11 Å². The summed E-state index contributed by atoms with van der Waals surface area (Å²) in [5, 5.41) is 10.8. The minimum absolute atomic E-state index is 0.0284. The molecule has 1 rings (SSSR count). The third-order valence-electron chi connectivity index (χ3n) is 2.58.